The van der Waals surface area contributed by atoms with Crippen LogP contribution in [0.15, 0.2) is 0 Å². The predicted octanol–water partition coefficient (Wildman–Crippen LogP) is 0.369. The van der Waals surface area contributed by atoms with Crippen LogP contribution in [0.3, 0.4) is 0 Å². The van der Waals surface area contributed by atoms with E-state index in [1.165, 1.54) is 20.8 Å². The number of imide groups is 2. The van der Waals surface area contributed by atoms with Crippen molar-refractivity contribution in [1.82, 2.24) is 9.80 Å². The molecule has 6 heteroatoms. The molecular weight excluding hydrogens is 236 g/mol. The van der Waals surface area contributed by atoms with Crippen LogP contribution in [0, 0.1) is 6.92 Å². The standard InChI is InChI=1S/C12H19N2O4/c1-6-12(14(10(4)17)11(5)18)7-13(8(2)15)9(3)16/h12H,2,6-7H2,1,3-5H3/q+1. The number of carbonyl (C=O) groups is 4. The first kappa shape index (κ1) is 16.1. The summed E-state index contributed by atoms with van der Waals surface area (Å²) in [5, 5.41) is 0. The lowest BCUT2D eigenvalue weighted by Gasteiger charge is -2.29. The summed E-state index contributed by atoms with van der Waals surface area (Å²) >= 11 is 0. The fourth-order valence-electron chi connectivity index (χ4n) is 1.75. The van der Waals surface area contributed by atoms with Crippen LogP contribution in [0.5, 0.6) is 0 Å². The topological polar surface area (TPSA) is 74.8 Å². The molecule has 0 saturated carbocycles. The Bertz CT molecular complexity index is 337. The van der Waals surface area contributed by atoms with Crippen LogP contribution in [-0.4, -0.2) is 46.0 Å². The summed E-state index contributed by atoms with van der Waals surface area (Å²) in [5.74, 6) is -1.92. The van der Waals surface area contributed by atoms with Gasteiger partial charge < -0.3 is 0 Å². The molecule has 0 spiro atoms. The molecule has 1 atom stereocenters. The van der Waals surface area contributed by atoms with Gasteiger partial charge in [0.05, 0.1) is 12.6 Å². The molecule has 1 unspecified atom stereocenters. The number of amides is 4. The van der Waals surface area contributed by atoms with Crippen molar-refractivity contribution in [2.45, 2.75) is 40.2 Å². The molecule has 18 heavy (non-hydrogen) atoms. The Morgan fingerprint density at radius 3 is 1.67 bits per heavy atom. The molecule has 0 aromatic heterocycles. The summed E-state index contributed by atoms with van der Waals surface area (Å²) < 4.78 is 0. The van der Waals surface area contributed by atoms with Gasteiger partial charge in [0.15, 0.2) is 6.92 Å². The smallest absolute Gasteiger partial charge is 0.278 e. The van der Waals surface area contributed by atoms with E-state index < -0.39 is 29.7 Å². The van der Waals surface area contributed by atoms with Crippen LogP contribution in [-0.2, 0) is 19.2 Å². The van der Waals surface area contributed by atoms with Gasteiger partial charge >= 0.3 is 5.91 Å². The molecular formula is C12H19N2O4+. The Hall–Kier alpha value is -1.85. The van der Waals surface area contributed by atoms with Gasteiger partial charge in [0.25, 0.3) is 0 Å². The van der Waals surface area contributed by atoms with Gasteiger partial charge in [0.1, 0.15) is 0 Å². The normalized spacial score (nSPS) is 11.6. The maximum Gasteiger partial charge on any atom is 0.408 e. The van der Waals surface area contributed by atoms with E-state index in [0.717, 1.165) is 9.80 Å². The van der Waals surface area contributed by atoms with E-state index in [1.54, 1.807) is 6.92 Å². The van der Waals surface area contributed by atoms with Crippen LogP contribution in [0.1, 0.15) is 34.1 Å². The SMILES string of the molecule is [CH2+]C(=O)N(CC(CC)N(C(C)=O)C(C)=O)C(C)=O. The maximum absolute atomic E-state index is 11.4. The highest BCUT2D eigenvalue weighted by atomic mass is 16.2. The van der Waals surface area contributed by atoms with E-state index in [-0.39, 0.29) is 6.54 Å². The minimum Gasteiger partial charge on any atom is -0.278 e. The van der Waals surface area contributed by atoms with Crippen molar-refractivity contribution >= 4 is 23.6 Å². The summed E-state index contributed by atoms with van der Waals surface area (Å²) in [7, 11) is 0. The lowest BCUT2D eigenvalue weighted by atomic mass is 10.1. The first-order valence-electron chi connectivity index (χ1n) is 5.66. The van der Waals surface area contributed by atoms with E-state index in [9.17, 15) is 19.2 Å². The second kappa shape index (κ2) is 6.78. The molecule has 0 aliphatic rings. The summed E-state index contributed by atoms with van der Waals surface area (Å²) in [6, 6.07) is -0.519. The van der Waals surface area contributed by atoms with Crippen molar-refractivity contribution < 1.29 is 19.2 Å². The van der Waals surface area contributed by atoms with Crippen molar-refractivity contribution in [3.05, 3.63) is 6.92 Å². The Balaban J connectivity index is 5.07. The molecule has 0 aliphatic heterocycles. The second-order valence-corrected chi connectivity index (χ2v) is 3.99. The summed E-state index contributed by atoms with van der Waals surface area (Å²) in [4.78, 5) is 47.3. The minimum absolute atomic E-state index is 0.0205. The Kier molecular flexibility index (Phi) is 6.08. The molecule has 0 heterocycles. The predicted molar refractivity (Wildman–Crippen MR) is 65.0 cm³/mol. The van der Waals surface area contributed by atoms with E-state index in [0.29, 0.717) is 6.42 Å². The van der Waals surface area contributed by atoms with Gasteiger partial charge in [-0.05, 0) is 6.42 Å². The monoisotopic (exact) mass is 255 g/mol. The lowest BCUT2D eigenvalue weighted by Crippen LogP contribution is -2.50. The Labute approximate surface area is 107 Å². The van der Waals surface area contributed by atoms with E-state index in [2.05, 4.69) is 6.92 Å². The van der Waals surface area contributed by atoms with Gasteiger partial charge in [-0.25, -0.2) is 9.69 Å². The van der Waals surface area contributed by atoms with Crippen molar-refractivity contribution in [2.24, 2.45) is 0 Å². The fraction of sp³-hybridized carbons (Fsp3) is 0.583. The number of nitrogens with zero attached hydrogens (tertiary/aromatic N) is 2. The number of hydrogen-bond acceptors (Lipinski definition) is 4. The third-order valence-electron chi connectivity index (χ3n) is 2.59. The van der Waals surface area contributed by atoms with Gasteiger partial charge in [0, 0.05) is 20.8 Å². The summed E-state index contributed by atoms with van der Waals surface area (Å²) in [6.45, 7) is 8.71. The van der Waals surface area contributed by atoms with Crippen LogP contribution in [0.4, 0.5) is 0 Å². The molecule has 0 bridgehead atoms. The number of rotatable bonds is 4. The molecule has 0 fully saturated rings. The van der Waals surface area contributed by atoms with E-state index >= 15 is 0 Å². The average Bonchev–Trinajstić information content (AvgIpc) is 2.21. The van der Waals surface area contributed by atoms with Crippen LogP contribution >= 0.6 is 0 Å². The van der Waals surface area contributed by atoms with Gasteiger partial charge in [-0.3, -0.25) is 19.3 Å². The molecule has 0 aliphatic carbocycles. The highest BCUT2D eigenvalue weighted by Gasteiger charge is 2.29. The van der Waals surface area contributed by atoms with E-state index in [1.807, 2.05) is 0 Å². The summed E-state index contributed by atoms with van der Waals surface area (Å²) in [5.41, 5.74) is 0. The number of hydrogen-bond donors (Lipinski definition) is 0. The first-order valence-corrected chi connectivity index (χ1v) is 5.66. The fourth-order valence-corrected chi connectivity index (χ4v) is 1.75. The molecule has 0 radical (unpaired) electrons. The van der Waals surface area contributed by atoms with Crippen LogP contribution < -0.4 is 0 Å². The van der Waals surface area contributed by atoms with Gasteiger partial charge in [-0.1, -0.05) is 6.92 Å². The highest BCUT2D eigenvalue weighted by Crippen LogP contribution is 2.09. The maximum atomic E-state index is 11.4. The van der Waals surface area contributed by atoms with Crippen molar-refractivity contribution in [3.63, 3.8) is 0 Å². The zero-order valence-corrected chi connectivity index (χ0v) is 11.2. The third-order valence-corrected chi connectivity index (χ3v) is 2.59. The molecule has 4 amide bonds. The molecule has 0 aromatic carbocycles. The summed E-state index contributed by atoms with van der Waals surface area (Å²) in [6.07, 6.45) is 0.455. The van der Waals surface area contributed by atoms with Gasteiger partial charge in [-0.2, -0.15) is 0 Å². The van der Waals surface area contributed by atoms with Gasteiger partial charge in [-0.15, -0.1) is 0 Å². The van der Waals surface area contributed by atoms with E-state index in [4.69, 9.17) is 0 Å². The third kappa shape index (κ3) is 4.20. The molecule has 6 nitrogen and oxygen atoms in total. The van der Waals surface area contributed by atoms with Crippen LogP contribution in [0.25, 0.3) is 0 Å². The molecule has 0 saturated heterocycles. The number of carbonyl (C=O) groups excluding carboxylic acids is 4. The highest BCUT2D eigenvalue weighted by molar-refractivity contribution is 5.97. The zero-order chi connectivity index (χ0) is 14.5. The van der Waals surface area contributed by atoms with Crippen LogP contribution in [0.2, 0.25) is 0 Å². The largest absolute Gasteiger partial charge is 0.408 e. The first-order chi connectivity index (χ1) is 8.22. The lowest BCUT2D eigenvalue weighted by molar-refractivity contribution is -0.150. The second-order valence-electron chi connectivity index (χ2n) is 3.99. The zero-order valence-electron chi connectivity index (χ0n) is 11.2. The Morgan fingerprint density at radius 1 is 1.00 bits per heavy atom. The Morgan fingerprint density at radius 2 is 1.44 bits per heavy atom. The van der Waals surface area contributed by atoms with Crippen molar-refractivity contribution in [2.75, 3.05) is 6.54 Å². The molecule has 0 rings (SSSR count). The minimum atomic E-state index is -0.645. The molecule has 100 valence electrons. The molecule has 0 N–H and O–H groups in total. The van der Waals surface area contributed by atoms with Crippen molar-refractivity contribution in [3.8, 4) is 0 Å². The quantitative estimate of drug-likeness (QED) is 0.680. The van der Waals surface area contributed by atoms with Gasteiger partial charge in [0.2, 0.25) is 17.7 Å². The average molecular weight is 255 g/mol. The molecule has 0 aromatic rings. The van der Waals surface area contributed by atoms with Crippen molar-refractivity contribution in [1.29, 1.82) is 0 Å².